The van der Waals surface area contributed by atoms with Crippen LogP contribution in [0.2, 0.25) is 0 Å². The van der Waals surface area contributed by atoms with Crippen LogP contribution in [0.1, 0.15) is 106 Å². The number of nitrogens with one attached hydrogen (secondary N) is 1. The van der Waals surface area contributed by atoms with Gasteiger partial charge in [-0.25, -0.2) is 0 Å². The van der Waals surface area contributed by atoms with Gasteiger partial charge in [0.05, 0.1) is 6.61 Å². The lowest BCUT2D eigenvalue weighted by molar-refractivity contribution is -0.318. The first kappa shape index (κ1) is 30.0. The molecule has 2 amide bonds. The third-order valence-electron chi connectivity index (χ3n) is 7.43. The highest BCUT2D eigenvalue weighted by atomic mass is 16.7. The molecule has 2 unspecified atom stereocenters. The van der Waals surface area contributed by atoms with Crippen molar-refractivity contribution in [2.75, 3.05) is 39.3 Å². The summed E-state index contributed by atoms with van der Waals surface area (Å²) in [5.74, 6) is -0.150. The molecule has 0 saturated carbocycles. The van der Waals surface area contributed by atoms with Crippen LogP contribution in [-0.2, 0) is 19.1 Å². The maximum Gasteiger partial charge on any atom is 0.225 e. The van der Waals surface area contributed by atoms with Gasteiger partial charge in [-0.2, -0.15) is 0 Å². The molecular formula is C28H53N3O4. The van der Waals surface area contributed by atoms with Crippen LogP contribution >= 0.6 is 0 Å². The summed E-state index contributed by atoms with van der Waals surface area (Å²) in [6, 6.07) is 0. The number of rotatable bonds is 14. The van der Waals surface area contributed by atoms with E-state index in [2.05, 4.69) is 33.0 Å². The molecule has 204 valence electrons. The van der Waals surface area contributed by atoms with Gasteiger partial charge in [-0.1, -0.05) is 79.1 Å². The third-order valence-corrected chi connectivity index (χ3v) is 7.43. The Morgan fingerprint density at radius 3 is 2.11 bits per heavy atom. The zero-order valence-electron chi connectivity index (χ0n) is 23.5. The fraction of sp³-hybridized carbons (Fsp3) is 0.929. The van der Waals surface area contributed by atoms with Crippen molar-refractivity contribution in [2.45, 2.75) is 118 Å². The van der Waals surface area contributed by atoms with E-state index in [1.165, 1.54) is 44.9 Å². The minimum absolute atomic E-state index is 0.0774. The molecule has 2 saturated heterocycles. The average Bonchev–Trinajstić information content (AvgIpc) is 2.82. The Labute approximate surface area is 214 Å². The number of nitrogens with zero attached hydrogens (tertiary/aromatic N) is 2. The zero-order chi connectivity index (χ0) is 25.9. The normalized spacial score (nSPS) is 22.7. The summed E-state index contributed by atoms with van der Waals surface area (Å²) >= 11 is 0. The Balaban J connectivity index is 1.61. The van der Waals surface area contributed by atoms with E-state index < -0.39 is 5.79 Å². The second-order valence-corrected chi connectivity index (χ2v) is 11.7. The highest BCUT2D eigenvalue weighted by Crippen LogP contribution is 2.33. The summed E-state index contributed by atoms with van der Waals surface area (Å²) in [6.07, 6.45) is 11.6. The van der Waals surface area contributed by atoms with Gasteiger partial charge >= 0.3 is 0 Å². The first-order valence-electron chi connectivity index (χ1n) is 14.2. The molecule has 2 fully saturated rings. The smallest absolute Gasteiger partial charge is 0.225 e. The van der Waals surface area contributed by atoms with Crippen LogP contribution in [0.4, 0.5) is 0 Å². The molecular weight excluding hydrogens is 442 g/mol. The first-order valence-corrected chi connectivity index (χ1v) is 14.2. The monoisotopic (exact) mass is 495 g/mol. The minimum Gasteiger partial charge on any atom is -0.350 e. The van der Waals surface area contributed by atoms with Crippen LogP contribution in [0.15, 0.2) is 0 Å². The molecule has 7 nitrogen and oxygen atoms in total. The van der Waals surface area contributed by atoms with E-state index >= 15 is 0 Å². The zero-order valence-corrected chi connectivity index (χ0v) is 23.5. The van der Waals surface area contributed by atoms with Crippen molar-refractivity contribution in [3.05, 3.63) is 0 Å². The Hall–Kier alpha value is -1.18. The molecule has 2 aliphatic rings. The summed E-state index contributed by atoms with van der Waals surface area (Å²) in [5.41, 5.74) is -0.157. The molecule has 0 aromatic carbocycles. The average molecular weight is 496 g/mol. The van der Waals surface area contributed by atoms with E-state index in [1.807, 2.05) is 23.6 Å². The Bertz CT molecular complexity index is 644. The lowest BCUT2D eigenvalue weighted by Crippen LogP contribution is -2.57. The topological polar surface area (TPSA) is 71.1 Å². The van der Waals surface area contributed by atoms with Gasteiger partial charge < -0.3 is 19.3 Å². The second kappa shape index (κ2) is 14.5. The maximum atomic E-state index is 12.9. The van der Waals surface area contributed by atoms with Crippen LogP contribution < -0.4 is 5.32 Å². The quantitative estimate of drug-likeness (QED) is 0.346. The number of carbonyl (C=O) groups is 2. The SMILES string of the molecule is CCCCCCCCCCC(C)C(=O)N1CCN(C(=O)CCNC2OC(C)(C)OCC2(C)C)CC1. The Kier molecular flexibility index (Phi) is 12.5. The molecule has 0 bridgehead atoms. The number of piperazine rings is 1. The fourth-order valence-electron chi connectivity index (χ4n) is 4.89. The van der Waals surface area contributed by atoms with E-state index in [-0.39, 0.29) is 29.4 Å². The lowest BCUT2D eigenvalue weighted by Gasteiger charge is -2.46. The van der Waals surface area contributed by atoms with E-state index in [9.17, 15) is 9.59 Å². The highest BCUT2D eigenvalue weighted by molar-refractivity contribution is 5.80. The summed E-state index contributed by atoms with van der Waals surface area (Å²) in [5, 5.41) is 3.41. The maximum absolute atomic E-state index is 12.9. The van der Waals surface area contributed by atoms with Gasteiger partial charge in [0.15, 0.2) is 5.79 Å². The van der Waals surface area contributed by atoms with Crippen molar-refractivity contribution >= 4 is 11.8 Å². The van der Waals surface area contributed by atoms with Crippen LogP contribution in [0.25, 0.3) is 0 Å². The standard InChI is InChI=1S/C28H53N3O4/c1-7-8-9-10-11-12-13-14-15-23(2)25(33)31-20-18-30(19-21-31)24(32)16-17-29-26-27(3,4)22-34-28(5,6)35-26/h23,26,29H,7-22H2,1-6H3. The molecule has 2 atom stereocenters. The fourth-order valence-corrected chi connectivity index (χ4v) is 4.89. The summed E-state index contributed by atoms with van der Waals surface area (Å²) in [4.78, 5) is 29.5. The van der Waals surface area contributed by atoms with Gasteiger partial charge in [0.2, 0.25) is 11.8 Å². The Morgan fingerprint density at radius 1 is 0.914 bits per heavy atom. The summed E-state index contributed by atoms with van der Waals surface area (Å²) < 4.78 is 11.8. The van der Waals surface area contributed by atoms with Crippen molar-refractivity contribution in [3.8, 4) is 0 Å². The van der Waals surface area contributed by atoms with Gasteiger partial charge in [-0.05, 0) is 20.3 Å². The molecule has 0 aromatic heterocycles. The number of unbranched alkanes of at least 4 members (excludes halogenated alkanes) is 7. The van der Waals surface area contributed by atoms with Crippen molar-refractivity contribution in [2.24, 2.45) is 11.3 Å². The van der Waals surface area contributed by atoms with Gasteiger partial charge in [-0.3, -0.25) is 14.9 Å². The molecule has 35 heavy (non-hydrogen) atoms. The summed E-state index contributed by atoms with van der Waals surface area (Å²) in [7, 11) is 0. The van der Waals surface area contributed by atoms with Crippen LogP contribution in [0.5, 0.6) is 0 Å². The number of amides is 2. The molecule has 2 heterocycles. The van der Waals surface area contributed by atoms with Gasteiger partial charge in [0.25, 0.3) is 0 Å². The van der Waals surface area contributed by atoms with Crippen LogP contribution in [0.3, 0.4) is 0 Å². The number of hydrogen-bond acceptors (Lipinski definition) is 5. The molecule has 0 aromatic rings. The van der Waals surface area contributed by atoms with E-state index in [0.717, 1.165) is 12.8 Å². The molecule has 2 rings (SSSR count). The van der Waals surface area contributed by atoms with Crippen molar-refractivity contribution in [3.63, 3.8) is 0 Å². The van der Waals surface area contributed by atoms with E-state index in [0.29, 0.717) is 45.8 Å². The third kappa shape index (κ3) is 10.4. The molecule has 1 N–H and O–H groups in total. The van der Waals surface area contributed by atoms with Crippen LogP contribution in [-0.4, -0.2) is 73.0 Å². The molecule has 7 heteroatoms. The first-order chi connectivity index (χ1) is 16.6. The Morgan fingerprint density at radius 2 is 1.49 bits per heavy atom. The van der Waals surface area contributed by atoms with Crippen LogP contribution in [0, 0.1) is 11.3 Å². The highest BCUT2D eigenvalue weighted by Gasteiger charge is 2.41. The predicted octanol–water partition coefficient (Wildman–Crippen LogP) is 4.94. The van der Waals surface area contributed by atoms with E-state index in [1.54, 1.807) is 0 Å². The predicted molar refractivity (Wildman–Crippen MR) is 141 cm³/mol. The number of hydrogen-bond donors (Lipinski definition) is 1. The molecule has 0 aliphatic carbocycles. The van der Waals surface area contributed by atoms with Gasteiger partial charge in [-0.15, -0.1) is 0 Å². The largest absolute Gasteiger partial charge is 0.350 e. The molecule has 2 aliphatic heterocycles. The van der Waals surface area contributed by atoms with Crippen molar-refractivity contribution < 1.29 is 19.1 Å². The number of carbonyl (C=O) groups excluding carboxylic acids is 2. The molecule has 0 radical (unpaired) electrons. The van der Waals surface area contributed by atoms with Gasteiger partial charge in [0.1, 0.15) is 6.23 Å². The van der Waals surface area contributed by atoms with Gasteiger partial charge in [0, 0.05) is 50.5 Å². The minimum atomic E-state index is -0.620. The number of ether oxygens (including phenoxy) is 2. The lowest BCUT2D eigenvalue weighted by atomic mass is 9.90. The van der Waals surface area contributed by atoms with E-state index in [4.69, 9.17) is 9.47 Å². The molecule has 0 spiro atoms. The summed E-state index contributed by atoms with van der Waals surface area (Å²) in [6.45, 7) is 16.1. The second-order valence-electron chi connectivity index (χ2n) is 11.7. The van der Waals surface area contributed by atoms with Crippen molar-refractivity contribution in [1.29, 1.82) is 0 Å². The van der Waals surface area contributed by atoms with Crippen molar-refractivity contribution in [1.82, 2.24) is 15.1 Å².